The lowest BCUT2D eigenvalue weighted by Crippen LogP contribution is -2.18. The second-order valence-electron chi connectivity index (χ2n) is 3.55. The molecule has 0 aliphatic rings. The van der Waals surface area contributed by atoms with Gasteiger partial charge in [0.05, 0.1) is 23.3 Å². The normalized spacial score (nSPS) is 10.3. The maximum Gasteiger partial charge on any atom is 0.226 e. The first kappa shape index (κ1) is 10.5. The van der Waals surface area contributed by atoms with Gasteiger partial charge in [0.1, 0.15) is 0 Å². The van der Waals surface area contributed by atoms with E-state index in [9.17, 15) is 4.79 Å². The Morgan fingerprint density at radius 3 is 2.79 bits per heavy atom. The highest BCUT2D eigenvalue weighted by molar-refractivity contribution is 5.92. The van der Waals surface area contributed by atoms with Gasteiger partial charge in [0.25, 0.3) is 0 Å². The number of nitrogens with two attached hydrogens (primary N) is 1. The van der Waals surface area contributed by atoms with Crippen LogP contribution in [0.3, 0.4) is 0 Å². The third kappa shape index (κ3) is 2.45. The number of nitrogens with one attached hydrogen (secondary N) is 1. The molecule has 76 valence electrons. The molecule has 14 heavy (non-hydrogen) atoms. The number of carbonyl (C=O) groups is 1. The summed E-state index contributed by atoms with van der Waals surface area (Å²) in [5, 5.41) is 2.77. The van der Waals surface area contributed by atoms with Crippen molar-refractivity contribution in [3.8, 4) is 0 Å². The smallest absolute Gasteiger partial charge is 0.226 e. The Morgan fingerprint density at radius 1 is 1.57 bits per heavy atom. The molecule has 0 saturated heterocycles. The van der Waals surface area contributed by atoms with Crippen molar-refractivity contribution in [2.75, 3.05) is 11.1 Å². The summed E-state index contributed by atoms with van der Waals surface area (Å²) in [6.07, 6.45) is 1.57. The van der Waals surface area contributed by atoms with Crippen LogP contribution in [0.2, 0.25) is 0 Å². The van der Waals surface area contributed by atoms with Crippen LogP contribution < -0.4 is 11.1 Å². The predicted molar refractivity (Wildman–Crippen MR) is 56.9 cm³/mol. The van der Waals surface area contributed by atoms with Crippen molar-refractivity contribution < 1.29 is 4.79 Å². The molecule has 0 saturated carbocycles. The molecule has 1 amide bonds. The number of carbonyl (C=O) groups excluding carboxylic acids is 1. The topological polar surface area (TPSA) is 68.0 Å². The van der Waals surface area contributed by atoms with Crippen molar-refractivity contribution in [1.82, 2.24) is 4.98 Å². The van der Waals surface area contributed by atoms with Gasteiger partial charge in [-0.2, -0.15) is 0 Å². The average molecular weight is 193 g/mol. The van der Waals surface area contributed by atoms with Crippen LogP contribution in [0.1, 0.15) is 19.5 Å². The lowest BCUT2D eigenvalue weighted by atomic mass is 10.2. The van der Waals surface area contributed by atoms with Crippen molar-refractivity contribution in [1.29, 1.82) is 0 Å². The van der Waals surface area contributed by atoms with E-state index in [0.717, 1.165) is 5.69 Å². The van der Waals surface area contributed by atoms with Crippen LogP contribution in [-0.2, 0) is 4.79 Å². The molecular weight excluding hydrogens is 178 g/mol. The highest BCUT2D eigenvalue weighted by atomic mass is 16.1. The van der Waals surface area contributed by atoms with Crippen LogP contribution in [0.4, 0.5) is 11.4 Å². The number of hydrogen-bond acceptors (Lipinski definition) is 3. The first-order valence-corrected chi connectivity index (χ1v) is 4.53. The Balaban J connectivity index is 2.86. The summed E-state index contributed by atoms with van der Waals surface area (Å²) >= 11 is 0. The lowest BCUT2D eigenvalue weighted by molar-refractivity contribution is -0.118. The van der Waals surface area contributed by atoms with Crippen molar-refractivity contribution >= 4 is 17.3 Å². The van der Waals surface area contributed by atoms with Crippen molar-refractivity contribution in [2.24, 2.45) is 5.92 Å². The van der Waals surface area contributed by atoms with Crippen LogP contribution in [0.15, 0.2) is 12.3 Å². The monoisotopic (exact) mass is 193 g/mol. The van der Waals surface area contributed by atoms with Gasteiger partial charge in [-0.1, -0.05) is 13.8 Å². The van der Waals surface area contributed by atoms with Crippen molar-refractivity contribution in [3.63, 3.8) is 0 Å². The molecule has 0 unspecified atom stereocenters. The Hall–Kier alpha value is -1.58. The number of nitrogen functional groups attached to an aromatic ring is 1. The maximum atomic E-state index is 11.4. The van der Waals surface area contributed by atoms with E-state index in [4.69, 9.17) is 5.73 Å². The summed E-state index contributed by atoms with van der Waals surface area (Å²) in [4.78, 5) is 15.4. The number of nitrogens with zero attached hydrogens (tertiary/aromatic N) is 1. The first-order valence-electron chi connectivity index (χ1n) is 4.53. The molecule has 4 nitrogen and oxygen atoms in total. The lowest BCUT2D eigenvalue weighted by Gasteiger charge is -2.09. The number of rotatable bonds is 2. The van der Waals surface area contributed by atoms with Gasteiger partial charge in [-0.15, -0.1) is 0 Å². The second kappa shape index (κ2) is 4.09. The zero-order chi connectivity index (χ0) is 10.7. The molecule has 1 aromatic heterocycles. The fourth-order valence-corrected chi connectivity index (χ4v) is 0.953. The van der Waals surface area contributed by atoms with E-state index in [2.05, 4.69) is 10.3 Å². The molecule has 0 aromatic carbocycles. The largest absolute Gasteiger partial charge is 0.397 e. The van der Waals surface area contributed by atoms with E-state index in [1.807, 2.05) is 20.8 Å². The Morgan fingerprint density at radius 2 is 2.21 bits per heavy atom. The van der Waals surface area contributed by atoms with Gasteiger partial charge in [0.2, 0.25) is 5.91 Å². The van der Waals surface area contributed by atoms with Gasteiger partial charge in [0, 0.05) is 5.92 Å². The Kier molecular flexibility index (Phi) is 3.06. The molecule has 4 heteroatoms. The maximum absolute atomic E-state index is 11.4. The van der Waals surface area contributed by atoms with Gasteiger partial charge in [-0.05, 0) is 13.0 Å². The predicted octanol–water partition coefficient (Wildman–Crippen LogP) is 1.57. The Bertz CT molecular complexity index is 347. The van der Waals surface area contributed by atoms with Crippen LogP contribution in [0.25, 0.3) is 0 Å². The van der Waals surface area contributed by atoms with Gasteiger partial charge >= 0.3 is 0 Å². The van der Waals surface area contributed by atoms with E-state index in [0.29, 0.717) is 11.4 Å². The first-order chi connectivity index (χ1) is 6.50. The quantitative estimate of drug-likeness (QED) is 0.749. The Labute approximate surface area is 83.5 Å². The van der Waals surface area contributed by atoms with Gasteiger partial charge in [-0.3, -0.25) is 9.78 Å². The number of aryl methyl sites for hydroxylation is 1. The molecule has 3 N–H and O–H groups in total. The molecule has 0 radical (unpaired) electrons. The number of pyridine rings is 1. The molecule has 1 aromatic rings. The minimum atomic E-state index is -0.0455. The van der Waals surface area contributed by atoms with Crippen molar-refractivity contribution in [2.45, 2.75) is 20.8 Å². The summed E-state index contributed by atoms with van der Waals surface area (Å²) in [5.41, 5.74) is 7.57. The highest BCUT2D eigenvalue weighted by Crippen LogP contribution is 2.15. The fourth-order valence-electron chi connectivity index (χ4n) is 0.953. The van der Waals surface area contributed by atoms with Gasteiger partial charge in [-0.25, -0.2) is 0 Å². The SMILES string of the molecule is Cc1ncc(N)cc1NC(=O)C(C)C. The van der Waals surface area contributed by atoms with Crippen LogP contribution in [0.5, 0.6) is 0 Å². The third-order valence-corrected chi connectivity index (χ3v) is 1.89. The molecule has 0 spiro atoms. The molecule has 0 aliphatic carbocycles. The zero-order valence-corrected chi connectivity index (χ0v) is 8.66. The molecule has 0 aliphatic heterocycles. The van der Waals surface area contributed by atoms with Crippen molar-refractivity contribution in [3.05, 3.63) is 18.0 Å². The zero-order valence-electron chi connectivity index (χ0n) is 8.66. The second-order valence-corrected chi connectivity index (χ2v) is 3.55. The molecule has 0 bridgehead atoms. The molecule has 0 fully saturated rings. The van der Waals surface area contributed by atoms with E-state index in [-0.39, 0.29) is 11.8 Å². The number of aromatic nitrogens is 1. The van der Waals surface area contributed by atoms with Crippen LogP contribution >= 0.6 is 0 Å². The minimum Gasteiger partial charge on any atom is -0.397 e. The van der Waals surface area contributed by atoms with Crippen LogP contribution in [-0.4, -0.2) is 10.9 Å². The highest BCUT2D eigenvalue weighted by Gasteiger charge is 2.09. The summed E-state index contributed by atoms with van der Waals surface area (Å²) in [6, 6.07) is 1.71. The van der Waals surface area contributed by atoms with E-state index in [1.165, 1.54) is 0 Å². The summed E-state index contributed by atoms with van der Waals surface area (Å²) in [5.74, 6) is -0.0728. The summed E-state index contributed by atoms with van der Waals surface area (Å²) in [6.45, 7) is 5.50. The van der Waals surface area contributed by atoms with Gasteiger partial charge in [0.15, 0.2) is 0 Å². The molecule has 0 atom stereocenters. The van der Waals surface area contributed by atoms with E-state index in [1.54, 1.807) is 12.3 Å². The minimum absolute atomic E-state index is 0.0273. The summed E-state index contributed by atoms with van der Waals surface area (Å²) < 4.78 is 0. The third-order valence-electron chi connectivity index (χ3n) is 1.89. The van der Waals surface area contributed by atoms with E-state index >= 15 is 0 Å². The fraction of sp³-hybridized carbons (Fsp3) is 0.400. The van der Waals surface area contributed by atoms with E-state index < -0.39 is 0 Å². The summed E-state index contributed by atoms with van der Waals surface area (Å²) in [7, 11) is 0. The molecular formula is C10H15N3O. The van der Waals surface area contributed by atoms with Crippen LogP contribution in [0, 0.1) is 12.8 Å². The molecule has 1 rings (SSSR count). The molecule has 1 heterocycles. The number of amides is 1. The standard InChI is InChI=1S/C10H15N3O/c1-6(2)10(14)13-9-4-8(11)5-12-7(9)3/h4-6H,11H2,1-3H3,(H,13,14). The van der Waals surface area contributed by atoms with Gasteiger partial charge < -0.3 is 11.1 Å². The average Bonchev–Trinajstić information content (AvgIpc) is 2.11. The number of anilines is 2. The number of hydrogen-bond donors (Lipinski definition) is 2.